The van der Waals surface area contributed by atoms with E-state index in [0.29, 0.717) is 17.8 Å². The summed E-state index contributed by atoms with van der Waals surface area (Å²) in [6.07, 6.45) is 10.1. The molecule has 0 aliphatic heterocycles. The lowest BCUT2D eigenvalue weighted by Gasteiger charge is -2.56. The number of hydrogen-bond donors (Lipinski definition) is 1. The second kappa shape index (κ2) is 7.12. The summed E-state index contributed by atoms with van der Waals surface area (Å²) in [5.74, 6) is 1.55. The third kappa shape index (κ3) is 3.16. The van der Waals surface area contributed by atoms with E-state index in [1.807, 2.05) is 30.3 Å². The summed E-state index contributed by atoms with van der Waals surface area (Å²) in [5.41, 5.74) is 1.33. The number of hydrogen-bond acceptors (Lipinski definition) is 5. The molecule has 3 aromatic rings. The number of nitrogens with zero attached hydrogens (tertiary/aromatic N) is 4. The first-order valence-electron chi connectivity index (χ1n) is 11.4. The van der Waals surface area contributed by atoms with Crippen LogP contribution in [0.1, 0.15) is 54.6 Å². The van der Waals surface area contributed by atoms with Gasteiger partial charge in [0.2, 0.25) is 5.69 Å². The molecule has 0 unspecified atom stereocenters. The molecule has 0 saturated heterocycles. The van der Waals surface area contributed by atoms with Crippen molar-refractivity contribution in [2.75, 3.05) is 0 Å². The van der Waals surface area contributed by atoms with Crippen LogP contribution in [0.3, 0.4) is 0 Å². The number of amides is 1. The van der Waals surface area contributed by atoms with Crippen LogP contribution in [0.2, 0.25) is 0 Å². The zero-order chi connectivity index (χ0) is 21.9. The number of nitro groups is 1. The van der Waals surface area contributed by atoms with Crippen LogP contribution in [0.5, 0.6) is 0 Å². The Labute approximate surface area is 185 Å². The zero-order valence-corrected chi connectivity index (χ0v) is 17.7. The Morgan fingerprint density at radius 3 is 2.56 bits per heavy atom. The highest BCUT2D eigenvalue weighted by Crippen LogP contribution is 2.58. The van der Waals surface area contributed by atoms with Crippen LogP contribution in [0.25, 0.3) is 10.9 Å². The number of fused-ring (bicyclic) bond motifs is 1. The largest absolute Gasteiger partial charge is 0.346 e. The fourth-order valence-electron chi connectivity index (χ4n) is 6.75. The quantitative estimate of drug-likeness (QED) is 0.482. The van der Waals surface area contributed by atoms with E-state index in [2.05, 4.69) is 15.4 Å². The number of pyridine rings is 1. The molecule has 1 N–H and O–H groups in total. The van der Waals surface area contributed by atoms with E-state index in [9.17, 15) is 14.9 Å². The summed E-state index contributed by atoms with van der Waals surface area (Å²) in [6.45, 7) is 0.269. The Morgan fingerprint density at radius 1 is 1.16 bits per heavy atom. The topological polar surface area (TPSA) is 103 Å². The predicted octanol–water partition coefficient (Wildman–Crippen LogP) is 4.19. The Balaban J connectivity index is 1.26. The van der Waals surface area contributed by atoms with Crippen LogP contribution in [0, 0.1) is 27.9 Å². The van der Waals surface area contributed by atoms with Crippen molar-refractivity contribution in [3.05, 3.63) is 64.1 Å². The fourth-order valence-corrected chi connectivity index (χ4v) is 6.75. The van der Waals surface area contributed by atoms with E-state index in [4.69, 9.17) is 0 Å². The van der Waals surface area contributed by atoms with Crippen molar-refractivity contribution in [3.8, 4) is 0 Å². The van der Waals surface area contributed by atoms with E-state index in [0.717, 1.165) is 35.7 Å². The SMILES string of the molecule is O=C(NCc1ccc2ncccc2c1)c1nn(C23CC4CC(CC(C4)C2)C3)cc1[N+](=O)[O-]. The standard InChI is InChI=1S/C24H25N5O3/c30-23(26-13-15-3-4-20-19(9-15)2-1-5-25-20)22-21(29(31)32)14-28(27-22)24-10-16-6-17(11-24)8-18(7-16)12-24/h1-5,9,14,16-18H,6-8,10-13H2,(H,26,30). The molecule has 4 bridgehead atoms. The third-order valence-electron chi connectivity index (χ3n) is 7.72. The number of rotatable bonds is 5. The molecule has 4 saturated carbocycles. The number of carbonyl (C=O) groups is 1. The minimum Gasteiger partial charge on any atom is -0.346 e. The van der Waals surface area contributed by atoms with E-state index in [1.54, 1.807) is 10.9 Å². The van der Waals surface area contributed by atoms with Gasteiger partial charge in [-0.3, -0.25) is 24.6 Å². The van der Waals surface area contributed by atoms with Gasteiger partial charge in [0.25, 0.3) is 5.91 Å². The summed E-state index contributed by atoms with van der Waals surface area (Å²) < 4.78 is 1.78. The molecule has 8 heteroatoms. The lowest BCUT2D eigenvalue weighted by Crippen LogP contribution is -2.52. The molecule has 164 valence electrons. The second-order valence-electron chi connectivity index (χ2n) is 9.92. The molecule has 0 radical (unpaired) electrons. The van der Waals surface area contributed by atoms with Crippen molar-refractivity contribution >= 4 is 22.5 Å². The maximum atomic E-state index is 12.9. The molecule has 1 amide bonds. The van der Waals surface area contributed by atoms with Crippen molar-refractivity contribution in [2.24, 2.45) is 17.8 Å². The van der Waals surface area contributed by atoms with Crippen molar-refractivity contribution in [3.63, 3.8) is 0 Å². The van der Waals surface area contributed by atoms with Gasteiger partial charge in [0.15, 0.2) is 0 Å². The fraction of sp³-hybridized carbons (Fsp3) is 0.458. The van der Waals surface area contributed by atoms with Crippen molar-refractivity contribution in [1.29, 1.82) is 0 Å². The van der Waals surface area contributed by atoms with Gasteiger partial charge in [-0.15, -0.1) is 0 Å². The molecule has 7 rings (SSSR count). The summed E-state index contributed by atoms with van der Waals surface area (Å²) in [5, 5.41) is 20.1. The summed E-state index contributed by atoms with van der Waals surface area (Å²) in [4.78, 5) is 28.5. The first kappa shape index (κ1) is 19.4. The minimum absolute atomic E-state index is 0.0896. The molecule has 4 aliphatic rings. The van der Waals surface area contributed by atoms with Crippen molar-refractivity contribution in [2.45, 2.75) is 50.6 Å². The van der Waals surface area contributed by atoms with Gasteiger partial charge >= 0.3 is 5.69 Å². The highest BCUT2D eigenvalue weighted by atomic mass is 16.6. The Bertz CT molecular complexity index is 1200. The molecule has 0 spiro atoms. The van der Waals surface area contributed by atoms with E-state index in [1.165, 1.54) is 25.5 Å². The van der Waals surface area contributed by atoms with Crippen LogP contribution in [-0.4, -0.2) is 25.6 Å². The van der Waals surface area contributed by atoms with Crippen LogP contribution in [0.15, 0.2) is 42.7 Å². The molecule has 4 aliphatic carbocycles. The molecule has 32 heavy (non-hydrogen) atoms. The lowest BCUT2D eigenvalue weighted by molar-refractivity contribution is -0.385. The zero-order valence-electron chi connectivity index (χ0n) is 17.7. The average molecular weight is 431 g/mol. The highest BCUT2D eigenvalue weighted by molar-refractivity contribution is 5.96. The van der Waals surface area contributed by atoms with Crippen LogP contribution >= 0.6 is 0 Å². The molecule has 2 heterocycles. The summed E-state index contributed by atoms with van der Waals surface area (Å²) in [6, 6.07) is 9.60. The molecule has 8 nitrogen and oxygen atoms in total. The first-order valence-corrected chi connectivity index (χ1v) is 11.4. The lowest BCUT2D eigenvalue weighted by atomic mass is 9.53. The number of carbonyl (C=O) groups excluding carboxylic acids is 1. The first-order chi connectivity index (χ1) is 15.5. The average Bonchev–Trinajstić information content (AvgIpc) is 3.23. The predicted molar refractivity (Wildman–Crippen MR) is 118 cm³/mol. The van der Waals surface area contributed by atoms with Crippen LogP contribution in [-0.2, 0) is 12.1 Å². The maximum absolute atomic E-state index is 12.9. The number of nitrogens with one attached hydrogen (secondary N) is 1. The third-order valence-corrected chi connectivity index (χ3v) is 7.72. The molecular weight excluding hydrogens is 406 g/mol. The van der Waals surface area contributed by atoms with Gasteiger partial charge in [-0.05, 0) is 80.0 Å². The van der Waals surface area contributed by atoms with E-state index >= 15 is 0 Å². The van der Waals surface area contributed by atoms with Crippen LogP contribution in [0.4, 0.5) is 5.69 Å². The Hall–Kier alpha value is -3.29. The molecule has 4 fully saturated rings. The molecule has 0 atom stereocenters. The summed E-state index contributed by atoms with van der Waals surface area (Å²) >= 11 is 0. The van der Waals surface area contributed by atoms with Crippen molar-refractivity contribution in [1.82, 2.24) is 20.1 Å². The van der Waals surface area contributed by atoms with E-state index < -0.39 is 10.8 Å². The minimum atomic E-state index is -0.508. The smallest absolute Gasteiger partial charge is 0.320 e. The number of benzene rings is 1. The van der Waals surface area contributed by atoms with Gasteiger partial charge in [0.1, 0.15) is 6.20 Å². The van der Waals surface area contributed by atoms with Gasteiger partial charge < -0.3 is 5.32 Å². The molecular formula is C24H25N5O3. The molecule has 1 aromatic carbocycles. The van der Waals surface area contributed by atoms with Gasteiger partial charge in [-0.2, -0.15) is 5.10 Å². The van der Waals surface area contributed by atoms with Gasteiger partial charge in [0.05, 0.1) is 16.0 Å². The summed E-state index contributed by atoms with van der Waals surface area (Å²) in [7, 11) is 0. The van der Waals surface area contributed by atoms with Gasteiger partial charge in [-0.25, -0.2) is 0 Å². The highest BCUT2D eigenvalue weighted by Gasteiger charge is 2.53. The van der Waals surface area contributed by atoms with Gasteiger partial charge in [-0.1, -0.05) is 12.1 Å². The normalized spacial score (nSPS) is 28.2. The molecule has 2 aromatic heterocycles. The Morgan fingerprint density at radius 2 is 1.88 bits per heavy atom. The van der Waals surface area contributed by atoms with Crippen LogP contribution < -0.4 is 5.32 Å². The van der Waals surface area contributed by atoms with Crippen molar-refractivity contribution < 1.29 is 9.72 Å². The monoisotopic (exact) mass is 431 g/mol. The maximum Gasteiger partial charge on any atom is 0.320 e. The number of aromatic nitrogens is 3. The Kier molecular flexibility index (Phi) is 4.31. The van der Waals surface area contributed by atoms with Gasteiger partial charge in [0, 0.05) is 18.1 Å². The van der Waals surface area contributed by atoms with E-state index in [-0.39, 0.29) is 23.5 Å². The second-order valence-corrected chi connectivity index (χ2v) is 9.92.